The van der Waals surface area contributed by atoms with E-state index in [0.717, 1.165) is 17.5 Å². The van der Waals surface area contributed by atoms with Crippen molar-refractivity contribution < 1.29 is 9.59 Å². The van der Waals surface area contributed by atoms with Crippen molar-refractivity contribution in [1.82, 2.24) is 10.2 Å². The van der Waals surface area contributed by atoms with E-state index < -0.39 is 6.04 Å². The number of carbonyl (C=O) groups excluding carboxylic acids is 2. The van der Waals surface area contributed by atoms with Crippen molar-refractivity contribution in [2.75, 3.05) is 5.75 Å². The molecule has 0 aromatic heterocycles. The first kappa shape index (κ1) is 17.2. The fourth-order valence-corrected chi connectivity index (χ4v) is 5.51. The number of amides is 2. The number of hydrogen-bond donors (Lipinski definition) is 1. The van der Waals surface area contributed by atoms with Crippen molar-refractivity contribution in [3.05, 3.63) is 71.3 Å². The molecule has 0 aliphatic carbocycles. The smallest absolute Gasteiger partial charge is 0.244 e. The Morgan fingerprint density at radius 1 is 1.19 bits per heavy atom. The van der Waals surface area contributed by atoms with Crippen molar-refractivity contribution in [2.24, 2.45) is 0 Å². The van der Waals surface area contributed by atoms with E-state index in [4.69, 9.17) is 0 Å². The molecule has 0 bridgehead atoms. The number of carbonyl (C=O) groups is 2. The summed E-state index contributed by atoms with van der Waals surface area (Å²) in [5.41, 5.74) is 3.38. The van der Waals surface area contributed by atoms with Gasteiger partial charge in [0.2, 0.25) is 11.8 Å². The summed E-state index contributed by atoms with van der Waals surface area (Å²) in [6.07, 6.45) is 1.27. The SMILES string of the molecule is Cc1ccc([C@@]23CCC(=O)N2[C@@H](C(=O)NCc2ccccc2)CS3)cc1. The summed E-state index contributed by atoms with van der Waals surface area (Å²) in [6.45, 7) is 2.54. The molecule has 4 rings (SSSR count). The quantitative estimate of drug-likeness (QED) is 0.904. The minimum atomic E-state index is -0.403. The third kappa shape index (κ3) is 2.90. The Labute approximate surface area is 158 Å². The summed E-state index contributed by atoms with van der Waals surface area (Å²) in [5, 5.41) is 3.01. The van der Waals surface area contributed by atoms with Crippen LogP contribution in [0.25, 0.3) is 0 Å². The predicted molar refractivity (Wildman–Crippen MR) is 103 cm³/mol. The zero-order chi connectivity index (χ0) is 18.1. The molecule has 4 nitrogen and oxygen atoms in total. The van der Waals surface area contributed by atoms with E-state index in [9.17, 15) is 9.59 Å². The third-order valence-corrected chi connectivity index (χ3v) is 6.84. The molecule has 2 heterocycles. The molecule has 5 heteroatoms. The van der Waals surface area contributed by atoms with Gasteiger partial charge in [0.25, 0.3) is 0 Å². The highest BCUT2D eigenvalue weighted by molar-refractivity contribution is 8.00. The van der Waals surface area contributed by atoms with E-state index >= 15 is 0 Å². The summed E-state index contributed by atoms with van der Waals surface area (Å²) < 4.78 is 0. The van der Waals surface area contributed by atoms with Gasteiger partial charge in [0.15, 0.2) is 0 Å². The van der Waals surface area contributed by atoms with Gasteiger partial charge in [-0.15, -0.1) is 11.8 Å². The van der Waals surface area contributed by atoms with E-state index in [-0.39, 0.29) is 16.7 Å². The van der Waals surface area contributed by atoms with E-state index in [2.05, 4.69) is 36.5 Å². The average Bonchev–Trinajstić information content (AvgIpc) is 3.21. The maximum atomic E-state index is 12.8. The van der Waals surface area contributed by atoms with Gasteiger partial charge in [-0.25, -0.2) is 0 Å². The minimum Gasteiger partial charge on any atom is -0.350 e. The van der Waals surface area contributed by atoms with Crippen LogP contribution in [-0.2, 0) is 21.0 Å². The lowest BCUT2D eigenvalue weighted by atomic mass is 10.0. The maximum absolute atomic E-state index is 12.8. The number of hydrogen-bond acceptors (Lipinski definition) is 3. The Kier molecular flexibility index (Phi) is 4.49. The van der Waals surface area contributed by atoms with Crippen LogP contribution in [0.4, 0.5) is 0 Å². The number of nitrogens with zero attached hydrogens (tertiary/aromatic N) is 1. The van der Waals surface area contributed by atoms with E-state index in [1.54, 1.807) is 11.8 Å². The average molecular weight is 366 g/mol. The largest absolute Gasteiger partial charge is 0.350 e. The van der Waals surface area contributed by atoms with Gasteiger partial charge in [0.1, 0.15) is 10.9 Å². The van der Waals surface area contributed by atoms with Crippen molar-refractivity contribution in [3.63, 3.8) is 0 Å². The molecule has 0 radical (unpaired) electrons. The molecule has 2 atom stereocenters. The van der Waals surface area contributed by atoms with E-state index in [1.165, 1.54) is 5.56 Å². The van der Waals surface area contributed by atoms with Crippen molar-refractivity contribution in [1.29, 1.82) is 0 Å². The Bertz CT molecular complexity index is 822. The number of aryl methyl sites for hydroxylation is 1. The van der Waals surface area contributed by atoms with Gasteiger partial charge in [0, 0.05) is 18.7 Å². The lowest BCUT2D eigenvalue weighted by Crippen LogP contribution is -2.49. The van der Waals surface area contributed by atoms with Gasteiger partial charge < -0.3 is 10.2 Å². The topological polar surface area (TPSA) is 49.4 Å². The number of rotatable bonds is 4. The van der Waals surface area contributed by atoms with Crippen LogP contribution in [0, 0.1) is 6.92 Å². The van der Waals surface area contributed by atoms with Gasteiger partial charge >= 0.3 is 0 Å². The first-order valence-electron chi connectivity index (χ1n) is 8.95. The molecule has 2 aromatic rings. The molecular weight excluding hydrogens is 344 g/mol. The molecule has 2 amide bonds. The molecule has 2 aliphatic heterocycles. The highest BCUT2D eigenvalue weighted by Crippen LogP contribution is 2.54. The Balaban J connectivity index is 1.54. The zero-order valence-electron chi connectivity index (χ0n) is 14.8. The second-order valence-corrected chi connectivity index (χ2v) is 8.24. The van der Waals surface area contributed by atoms with E-state index in [1.807, 2.05) is 35.2 Å². The normalized spacial score (nSPS) is 24.6. The van der Waals surface area contributed by atoms with Crippen molar-refractivity contribution >= 4 is 23.6 Å². The molecule has 2 saturated heterocycles. The summed E-state index contributed by atoms with van der Waals surface area (Å²) >= 11 is 1.73. The third-order valence-electron chi connectivity index (χ3n) is 5.24. The molecule has 1 N–H and O–H groups in total. The summed E-state index contributed by atoms with van der Waals surface area (Å²) in [7, 11) is 0. The van der Waals surface area contributed by atoms with E-state index in [0.29, 0.717) is 18.7 Å². The second-order valence-electron chi connectivity index (χ2n) is 6.94. The lowest BCUT2D eigenvalue weighted by Gasteiger charge is -2.34. The van der Waals surface area contributed by atoms with Crippen LogP contribution < -0.4 is 5.32 Å². The van der Waals surface area contributed by atoms with Crippen LogP contribution in [0.2, 0.25) is 0 Å². The van der Waals surface area contributed by atoms with Gasteiger partial charge in [-0.2, -0.15) is 0 Å². The molecule has 2 fully saturated rings. The maximum Gasteiger partial charge on any atom is 0.244 e. The standard InChI is InChI=1S/C21H22N2O2S/c1-15-7-9-17(10-8-15)21-12-11-19(24)23(21)18(14-26-21)20(25)22-13-16-5-3-2-4-6-16/h2-10,18H,11-14H2,1H3,(H,22,25)/t18-,21+/m1/s1. The van der Waals surface area contributed by atoms with Crippen LogP contribution in [0.3, 0.4) is 0 Å². The second kappa shape index (κ2) is 6.80. The summed E-state index contributed by atoms with van der Waals surface area (Å²) in [6, 6.07) is 17.8. The van der Waals surface area contributed by atoms with Crippen LogP contribution in [-0.4, -0.2) is 28.5 Å². The molecule has 0 saturated carbocycles. The predicted octanol–water partition coefficient (Wildman–Crippen LogP) is 3.20. The molecule has 2 aromatic carbocycles. The van der Waals surface area contributed by atoms with Crippen LogP contribution >= 0.6 is 11.8 Å². The number of thioether (sulfide) groups is 1. The highest BCUT2D eigenvalue weighted by atomic mass is 32.2. The van der Waals surface area contributed by atoms with Gasteiger partial charge in [-0.05, 0) is 24.5 Å². The van der Waals surface area contributed by atoms with Gasteiger partial charge in [-0.1, -0.05) is 60.2 Å². The Morgan fingerprint density at radius 2 is 1.92 bits per heavy atom. The van der Waals surface area contributed by atoms with Crippen molar-refractivity contribution in [3.8, 4) is 0 Å². The first-order chi connectivity index (χ1) is 12.6. The van der Waals surface area contributed by atoms with Crippen LogP contribution in [0.15, 0.2) is 54.6 Å². The number of fused-ring (bicyclic) bond motifs is 1. The molecule has 0 unspecified atom stereocenters. The fourth-order valence-electron chi connectivity index (χ4n) is 3.85. The molecular formula is C21H22N2O2S. The molecule has 26 heavy (non-hydrogen) atoms. The summed E-state index contributed by atoms with van der Waals surface area (Å²) in [5.74, 6) is 0.654. The number of benzene rings is 2. The molecule has 134 valence electrons. The minimum absolute atomic E-state index is 0.0643. The first-order valence-corrected chi connectivity index (χ1v) is 9.94. The van der Waals surface area contributed by atoms with Crippen LogP contribution in [0.1, 0.15) is 29.5 Å². The monoisotopic (exact) mass is 366 g/mol. The fraction of sp³-hybridized carbons (Fsp3) is 0.333. The lowest BCUT2D eigenvalue weighted by molar-refractivity contribution is -0.138. The number of nitrogens with one attached hydrogen (secondary N) is 1. The molecule has 0 spiro atoms. The molecule has 2 aliphatic rings. The Hall–Kier alpha value is -2.27. The van der Waals surface area contributed by atoms with Crippen molar-refractivity contribution in [2.45, 2.75) is 37.2 Å². The van der Waals surface area contributed by atoms with Crippen LogP contribution in [0.5, 0.6) is 0 Å². The highest BCUT2D eigenvalue weighted by Gasteiger charge is 2.56. The summed E-state index contributed by atoms with van der Waals surface area (Å²) in [4.78, 5) is 26.9. The van der Waals surface area contributed by atoms with Gasteiger partial charge in [-0.3, -0.25) is 9.59 Å². The zero-order valence-corrected chi connectivity index (χ0v) is 15.6. The van der Waals surface area contributed by atoms with Gasteiger partial charge in [0.05, 0.1) is 0 Å². The Morgan fingerprint density at radius 3 is 2.65 bits per heavy atom.